The van der Waals surface area contributed by atoms with Gasteiger partial charge < -0.3 is 0 Å². The second-order valence-electron chi connectivity index (χ2n) is 7.08. The molecule has 2 aromatic carbocycles. The summed E-state index contributed by atoms with van der Waals surface area (Å²) in [6, 6.07) is 6.37. The van der Waals surface area contributed by atoms with Crippen LogP contribution in [0, 0.1) is 17.6 Å². The molecule has 0 spiro atoms. The molecule has 0 aliphatic heterocycles. The number of allylic oxidation sites excluding steroid dienone is 1. The molecule has 0 heterocycles. The lowest BCUT2D eigenvalue weighted by Crippen LogP contribution is -2.13. The van der Waals surface area contributed by atoms with Gasteiger partial charge in [0.2, 0.25) is 0 Å². The number of hydrogen-bond donors (Lipinski definition) is 0. The second kappa shape index (κ2) is 8.07. The standard InChI is InChI=1S/C22H22F4/c1-2-3-4-14-5-7-15(8-6-14)16-9-10-18-17(11-16)12-20(23)19(22(18)26)13-21(24)25/h2,9-15H,1,3-8H2. The van der Waals surface area contributed by atoms with Crippen molar-refractivity contribution in [1.82, 2.24) is 0 Å². The average Bonchev–Trinajstić information content (AvgIpc) is 2.63. The first-order valence-electron chi connectivity index (χ1n) is 9.05. The fourth-order valence-corrected chi connectivity index (χ4v) is 4.00. The Bertz CT molecular complexity index is 826. The summed E-state index contributed by atoms with van der Waals surface area (Å²) in [6.45, 7) is 3.77. The van der Waals surface area contributed by atoms with Crippen molar-refractivity contribution in [3.05, 3.63) is 65.8 Å². The highest BCUT2D eigenvalue weighted by molar-refractivity contribution is 5.86. The molecule has 1 fully saturated rings. The van der Waals surface area contributed by atoms with Gasteiger partial charge in [-0.1, -0.05) is 24.3 Å². The van der Waals surface area contributed by atoms with E-state index in [-0.39, 0.29) is 11.5 Å². The van der Waals surface area contributed by atoms with Crippen molar-refractivity contribution in [3.8, 4) is 0 Å². The fraction of sp³-hybridized carbons (Fsp3) is 0.364. The summed E-state index contributed by atoms with van der Waals surface area (Å²) in [6.07, 6.45) is 6.72. The summed E-state index contributed by atoms with van der Waals surface area (Å²) in [5.41, 5.74) is 0.381. The maximum atomic E-state index is 14.4. The molecule has 0 bridgehead atoms. The highest BCUT2D eigenvalue weighted by atomic mass is 19.3. The van der Waals surface area contributed by atoms with Crippen LogP contribution in [0.2, 0.25) is 0 Å². The Morgan fingerprint density at radius 1 is 1.08 bits per heavy atom. The predicted octanol–water partition coefficient (Wildman–Crippen LogP) is 7.60. The van der Waals surface area contributed by atoms with Gasteiger partial charge in [0.1, 0.15) is 11.6 Å². The van der Waals surface area contributed by atoms with E-state index in [2.05, 4.69) is 6.58 Å². The van der Waals surface area contributed by atoms with Crippen molar-refractivity contribution in [2.75, 3.05) is 0 Å². The monoisotopic (exact) mass is 362 g/mol. The van der Waals surface area contributed by atoms with Crippen LogP contribution in [0.3, 0.4) is 0 Å². The van der Waals surface area contributed by atoms with Crippen LogP contribution in [0.25, 0.3) is 16.8 Å². The molecule has 0 radical (unpaired) electrons. The Morgan fingerprint density at radius 2 is 1.81 bits per heavy atom. The first-order chi connectivity index (χ1) is 12.5. The Kier molecular flexibility index (Phi) is 5.80. The minimum Gasteiger partial charge on any atom is -0.206 e. The predicted molar refractivity (Wildman–Crippen MR) is 98.2 cm³/mol. The van der Waals surface area contributed by atoms with E-state index in [1.807, 2.05) is 12.1 Å². The van der Waals surface area contributed by atoms with Gasteiger partial charge in [-0.05, 0) is 67.4 Å². The molecule has 0 saturated heterocycles. The molecule has 2 aromatic rings. The fourth-order valence-electron chi connectivity index (χ4n) is 4.00. The number of halogens is 4. The average molecular weight is 362 g/mol. The molecule has 0 N–H and O–H groups in total. The molecule has 0 unspecified atom stereocenters. The third-order valence-corrected chi connectivity index (χ3v) is 5.44. The van der Waals surface area contributed by atoms with Crippen molar-refractivity contribution in [1.29, 1.82) is 0 Å². The molecule has 3 rings (SSSR count). The smallest absolute Gasteiger partial charge is 0.206 e. The van der Waals surface area contributed by atoms with E-state index in [9.17, 15) is 17.6 Å². The van der Waals surface area contributed by atoms with Crippen LogP contribution < -0.4 is 0 Å². The summed E-state index contributed by atoms with van der Waals surface area (Å²) in [5.74, 6) is -0.793. The maximum absolute atomic E-state index is 14.4. The van der Waals surface area contributed by atoms with Crippen molar-refractivity contribution in [3.63, 3.8) is 0 Å². The van der Waals surface area contributed by atoms with E-state index in [1.165, 1.54) is 6.42 Å². The number of fused-ring (bicyclic) bond motifs is 1. The summed E-state index contributed by atoms with van der Waals surface area (Å²) < 4.78 is 53.3. The first kappa shape index (κ1) is 18.7. The topological polar surface area (TPSA) is 0 Å². The molecule has 1 saturated carbocycles. The van der Waals surface area contributed by atoms with Gasteiger partial charge in [-0.3, -0.25) is 0 Å². The number of hydrogen-bond acceptors (Lipinski definition) is 0. The first-order valence-corrected chi connectivity index (χ1v) is 9.05. The minimum absolute atomic E-state index is 0.169. The largest absolute Gasteiger partial charge is 0.271 e. The van der Waals surface area contributed by atoms with Gasteiger partial charge in [0.25, 0.3) is 6.08 Å². The van der Waals surface area contributed by atoms with E-state index in [1.54, 1.807) is 12.1 Å². The van der Waals surface area contributed by atoms with Crippen molar-refractivity contribution >= 4 is 16.8 Å². The van der Waals surface area contributed by atoms with Gasteiger partial charge in [0.15, 0.2) is 0 Å². The number of benzene rings is 2. The lowest BCUT2D eigenvalue weighted by Gasteiger charge is -2.28. The lowest BCUT2D eigenvalue weighted by atomic mass is 9.77. The highest BCUT2D eigenvalue weighted by Gasteiger charge is 2.22. The molecule has 1 aliphatic rings. The third kappa shape index (κ3) is 4.00. The summed E-state index contributed by atoms with van der Waals surface area (Å²) >= 11 is 0. The van der Waals surface area contributed by atoms with E-state index in [0.717, 1.165) is 49.7 Å². The minimum atomic E-state index is -2.12. The van der Waals surface area contributed by atoms with Gasteiger partial charge >= 0.3 is 0 Å². The van der Waals surface area contributed by atoms with Crippen LogP contribution in [0.15, 0.2) is 43.0 Å². The Balaban J connectivity index is 1.84. The van der Waals surface area contributed by atoms with Crippen molar-refractivity contribution < 1.29 is 17.6 Å². The molecule has 0 aromatic heterocycles. The normalized spacial score (nSPS) is 20.2. The molecule has 138 valence electrons. The summed E-state index contributed by atoms with van der Waals surface area (Å²) in [4.78, 5) is 0. The number of rotatable bonds is 5. The van der Waals surface area contributed by atoms with Gasteiger partial charge in [-0.15, -0.1) is 6.58 Å². The van der Waals surface area contributed by atoms with Crippen LogP contribution >= 0.6 is 0 Å². The van der Waals surface area contributed by atoms with Gasteiger partial charge in [0.05, 0.1) is 5.56 Å². The van der Waals surface area contributed by atoms with Gasteiger partial charge in [-0.25, -0.2) is 8.78 Å². The molecule has 26 heavy (non-hydrogen) atoms. The molecule has 0 nitrogen and oxygen atoms in total. The van der Waals surface area contributed by atoms with Crippen LogP contribution in [0.5, 0.6) is 0 Å². The van der Waals surface area contributed by atoms with Gasteiger partial charge in [0, 0.05) is 11.5 Å². The summed E-state index contributed by atoms with van der Waals surface area (Å²) in [7, 11) is 0. The van der Waals surface area contributed by atoms with Crippen LogP contribution in [0.4, 0.5) is 17.6 Å². The maximum Gasteiger partial charge on any atom is 0.271 e. The van der Waals surface area contributed by atoms with Crippen LogP contribution in [-0.2, 0) is 0 Å². The van der Waals surface area contributed by atoms with Crippen molar-refractivity contribution in [2.45, 2.75) is 44.4 Å². The Labute approximate surface area is 151 Å². The quantitative estimate of drug-likeness (QED) is 0.379. The SMILES string of the molecule is C=CCCC1CCC(c2ccc3c(F)c(C=C(F)F)c(F)cc3c2)CC1. The molecule has 0 atom stereocenters. The lowest BCUT2D eigenvalue weighted by molar-refractivity contribution is 0.312. The Morgan fingerprint density at radius 3 is 2.46 bits per heavy atom. The molecule has 1 aliphatic carbocycles. The molecular formula is C22H22F4. The molecule has 0 amide bonds. The van der Waals surface area contributed by atoms with Crippen LogP contribution in [-0.4, -0.2) is 0 Å². The zero-order valence-corrected chi connectivity index (χ0v) is 14.6. The Hall–Kier alpha value is -2.10. The van der Waals surface area contributed by atoms with E-state index in [0.29, 0.717) is 11.3 Å². The van der Waals surface area contributed by atoms with E-state index >= 15 is 0 Å². The molecule has 4 heteroatoms. The third-order valence-electron chi connectivity index (χ3n) is 5.44. The van der Waals surface area contributed by atoms with Crippen molar-refractivity contribution in [2.24, 2.45) is 5.92 Å². The van der Waals surface area contributed by atoms with E-state index < -0.39 is 23.3 Å². The van der Waals surface area contributed by atoms with Crippen LogP contribution in [0.1, 0.15) is 55.6 Å². The highest BCUT2D eigenvalue weighted by Crippen LogP contribution is 2.39. The molecular weight excluding hydrogens is 340 g/mol. The summed E-state index contributed by atoms with van der Waals surface area (Å²) in [5, 5.41) is 0.588. The zero-order valence-electron chi connectivity index (χ0n) is 14.6. The zero-order chi connectivity index (χ0) is 18.7. The van der Waals surface area contributed by atoms with E-state index in [4.69, 9.17) is 0 Å². The van der Waals surface area contributed by atoms with Gasteiger partial charge in [-0.2, -0.15) is 8.78 Å². The second-order valence-corrected chi connectivity index (χ2v) is 7.08.